The average Bonchev–Trinajstić information content (AvgIpc) is 3.45. The molecule has 0 aromatic heterocycles. The predicted molar refractivity (Wildman–Crippen MR) is 216 cm³/mol. The fourth-order valence-corrected chi connectivity index (χ4v) is 11.0. The van der Waals surface area contributed by atoms with Crippen molar-refractivity contribution in [2.45, 2.75) is 196 Å². The minimum absolute atomic E-state index is 0.0480. The molecule has 4 aliphatic rings. The number of hydrogen-bond acceptors (Lipinski definition) is 2. The Hall–Kier alpha value is -1.57. The summed E-state index contributed by atoms with van der Waals surface area (Å²) in [5.41, 5.74) is 2.43. The Bertz CT molecular complexity index is 1120. The second kappa shape index (κ2) is 20.6. The van der Waals surface area contributed by atoms with Gasteiger partial charge in [-0.1, -0.05) is 142 Å². The van der Waals surface area contributed by atoms with E-state index in [1.54, 1.807) is 5.57 Å². The molecule has 0 aliphatic heterocycles. The summed E-state index contributed by atoms with van der Waals surface area (Å²) in [6, 6.07) is 0. The number of hydrogen-bond donors (Lipinski definition) is 0. The third-order valence-corrected chi connectivity index (χ3v) is 14.7. The monoisotopic (exact) mass is 689 g/mol. The van der Waals surface area contributed by atoms with Crippen molar-refractivity contribution in [2.24, 2.45) is 52.3 Å². The van der Waals surface area contributed by atoms with E-state index in [2.05, 4.69) is 91.0 Å². The highest BCUT2D eigenvalue weighted by Crippen LogP contribution is 2.67. The maximum Gasteiger partial charge on any atom is 0.306 e. The quantitative estimate of drug-likeness (QED) is 0.0681. The second-order valence-electron chi connectivity index (χ2n) is 18.4. The molecule has 2 heteroatoms. The molecule has 4 aliphatic carbocycles. The Morgan fingerprint density at radius 2 is 1.48 bits per heavy atom. The number of fused-ring (bicyclic) bond motifs is 5. The number of ether oxygens (including phenoxy) is 1. The summed E-state index contributed by atoms with van der Waals surface area (Å²) in [6.07, 6.45) is 44.0. The van der Waals surface area contributed by atoms with E-state index in [-0.39, 0.29) is 12.1 Å². The van der Waals surface area contributed by atoms with Crippen LogP contribution in [0.5, 0.6) is 0 Å². The average molecular weight is 689 g/mol. The molecular weight excluding hydrogens is 609 g/mol. The zero-order valence-electron chi connectivity index (χ0n) is 34.0. The summed E-state index contributed by atoms with van der Waals surface area (Å²) in [6.45, 7) is 17.1. The maximum atomic E-state index is 12.8. The van der Waals surface area contributed by atoms with Crippen molar-refractivity contribution in [1.82, 2.24) is 0 Å². The highest BCUT2D eigenvalue weighted by Gasteiger charge is 2.59. The molecule has 4 rings (SSSR count). The number of rotatable bonds is 21. The molecule has 0 spiro atoms. The van der Waals surface area contributed by atoms with Crippen LogP contribution in [0.3, 0.4) is 0 Å². The van der Waals surface area contributed by atoms with E-state index in [0.29, 0.717) is 35.0 Å². The first-order chi connectivity index (χ1) is 24.1. The lowest BCUT2D eigenvalue weighted by Gasteiger charge is -2.58. The molecule has 0 radical (unpaired) electrons. The maximum absolute atomic E-state index is 12.8. The third-order valence-electron chi connectivity index (χ3n) is 14.7. The Morgan fingerprint density at radius 3 is 2.18 bits per heavy atom. The van der Waals surface area contributed by atoms with Crippen molar-refractivity contribution in [3.8, 4) is 0 Å². The van der Waals surface area contributed by atoms with Gasteiger partial charge >= 0.3 is 5.97 Å². The lowest BCUT2D eigenvalue weighted by Crippen LogP contribution is -2.51. The summed E-state index contributed by atoms with van der Waals surface area (Å²) in [7, 11) is 0. The van der Waals surface area contributed by atoms with Crippen molar-refractivity contribution < 1.29 is 9.53 Å². The third kappa shape index (κ3) is 11.2. The van der Waals surface area contributed by atoms with Gasteiger partial charge in [0.1, 0.15) is 6.10 Å². The Morgan fingerprint density at radius 1 is 0.800 bits per heavy atom. The van der Waals surface area contributed by atoms with Gasteiger partial charge in [0.05, 0.1) is 0 Å². The molecule has 0 N–H and O–H groups in total. The SMILES string of the molecule is CCCCC/C=C\C/C=C\CCCCCCCCCC(=O)OC1CCC2(C)C(=CCC3C2CCC2(C)C(C(C)/C=C/C(C)C(C)C)CCC32)C1. The van der Waals surface area contributed by atoms with Gasteiger partial charge in [0.2, 0.25) is 0 Å². The van der Waals surface area contributed by atoms with Crippen LogP contribution in [-0.2, 0) is 9.53 Å². The highest BCUT2D eigenvalue weighted by molar-refractivity contribution is 5.69. The summed E-state index contributed by atoms with van der Waals surface area (Å²) in [4.78, 5) is 12.8. The van der Waals surface area contributed by atoms with E-state index >= 15 is 0 Å². The predicted octanol–water partition coefficient (Wildman–Crippen LogP) is 14.6. The number of unbranched alkanes of at least 4 members (excludes halogenated alkanes) is 10. The number of carbonyl (C=O) groups excluding carboxylic acids is 1. The molecular formula is C48H80O2. The van der Waals surface area contributed by atoms with Gasteiger partial charge < -0.3 is 4.74 Å². The van der Waals surface area contributed by atoms with Crippen LogP contribution >= 0.6 is 0 Å². The fourth-order valence-electron chi connectivity index (χ4n) is 11.0. The van der Waals surface area contributed by atoms with Crippen LogP contribution in [0.2, 0.25) is 0 Å². The van der Waals surface area contributed by atoms with Crippen molar-refractivity contribution in [1.29, 1.82) is 0 Å². The molecule has 284 valence electrons. The van der Waals surface area contributed by atoms with Gasteiger partial charge in [-0.25, -0.2) is 0 Å². The van der Waals surface area contributed by atoms with Gasteiger partial charge in [-0.2, -0.15) is 0 Å². The first-order valence-electron chi connectivity index (χ1n) is 22.0. The van der Waals surface area contributed by atoms with Crippen LogP contribution in [0, 0.1) is 52.3 Å². The minimum atomic E-state index is 0.0480. The van der Waals surface area contributed by atoms with Gasteiger partial charge in [0.15, 0.2) is 0 Å². The van der Waals surface area contributed by atoms with Gasteiger partial charge in [-0.3, -0.25) is 4.79 Å². The van der Waals surface area contributed by atoms with Gasteiger partial charge in [0.25, 0.3) is 0 Å². The van der Waals surface area contributed by atoms with Gasteiger partial charge in [-0.05, 0) is 136 Å². The molecule has 0 aromatic rings. The second-order valence-corrected chi connectivity index (χ2v) is 18.4. The lowest BCUT2D eigenvalue weighted by molar-refractivity contribution is -0.151. The molecule has 50 heavy (non-hydrogen) atoms. The van der Waals surface area contributed by atoms with Crippen LogP contribution in [0.1, 0.15) is 190 Å². The molecule has 0 bridgehead atoms. The molecule has 0 aromatic carbocycles. The summed E-state index contributed by atoms with van der Waals surface area (Å²) < 4.78 is 6.13. The molecule has 0 heterocycles. The molecule has 3 saturated carbocycles. The number of carbonyl (C=O) groups is 1. The van der Waals surface area contributed by atoms with Gasteiger partial charge in [0, 0.05) is 12.8 Å². The van der Waals surface area contributed by atoms with Crippen LogP contribution in [0.25, 0.3) is 0 Å². The Kier molecular flexibility index (Phi) is 17.0. The lowest BCUT2D eigenvalue weighted by atomic mass is 9.47. The summed E-state index contributed by atoms with van der Waals surface area (Å²) in [5, 5.41) is 0. The van der Waals surface area contributed by atoms with E-state index in [9.17, 15) is 4.79 Å². The van der Waals surface area contributed by atoms with E-state index in [1.807, 2.05) is 0 Å². The zero-order valence-corrected chi connectivity index (χ0v) is 34.0. The van der Waals surface area contributed by atoms with Crippen LogP contribution in [0.15, 0.2) is 48.1 Å². The van der Waals surface area contributed by atoms with E-state index in [1.165, 1.54) is 103 Å². The standard InChI is InChI=1S/C48H80O2/c1-8-9-10-11-12-13-14-15-16-17-18-19-20-21-22-23-24-25-46(49)50-41-32-34-47(6)40(36-41)28-29-42-44-31-30-43(48(44,7)35-33-45(42)47)39(5)27-26-38(4)37(2)3/h12-13,15-16,26-28,37-39,41-45H,8-11,14,17-25,29-36H2,1-7H3/b13-12-,16-15-,27-26+. The first kappa shape index (κ1) is 41.2. The summed E-state index contributed by atoms with van der Waals surface area (Å²) >= 11 is 0. The first-order valence-corrected chi connectivity index (χ1v) is 22.0. The molecule has 9 atom stereocenters. The van der Waals surface area contributed by atoms with Crippen LogP contribution < -0.4 is 0 Å². The topological polar surface area (TPSA) is 26.3 Å². The largest absolute Gasteiger partial charge is 0.462 e. The minimum Gasteiger partial charge on any atom is -0.462 e. The van der Waals surface area contributed by atoms with Crippen molar-refractivity contribution in [3.63, 3.8) is 0 Å². The normalized spacial score (nSPS) is 32.3. The zero-order chi connectivity index (χ0) is 36.0. The summed E-state index contributed by atoms with van der Waals surface area (Å²) in [5.74, 6) is 5.45. The van der Waals surface area contributed by atoms with Crippen molar-refractivity contribution in [3.05, 3.63) is 48.1 Å². The number of esters is 1. The molecule has 3 fully saturated rings. The van der Waals surface area contributed by atoms with E-state index in [4.69, 9.17) is 4.74 Å². The molecule has 0 saturated heterocycles. The molecule has 2 nitrogen and oxygen atoms in total. The van der Waals surface area contributed by atoms with Gasteiger partial charge in [-0.15, -0.1) is 0 Å². The van der Waals surface area contributed by atoms with Crippen molar-refractivity contribution in [2.75, 3.05) is 0 Å². The Balaban J connectivity index is 1.11. The highest BCUT2D eigenvalue weighted by atomic mass is 16.5. The fraction of sp³-hybridized carbons (Fsp3) is 0.812. The van der Waals surface area contributed by atoms with Crippen molar-refractivity contribution >= 4 is 5.97 Å². The smallest absolute Gasteiger partial charge is 0.306 e. The molecule has 0 amide bonds. The van der Waals surface area contributed by atoms with E-state index < -0.39 is 0 Å². The Labute approximate surface area is 310 Å². The number of allylic oxidation sites excluding steroid dienone is 7. The van der Waals surface area contributed by atoms with Crippen LogP contribution in [0.4, 0.5) is 0 Å². The molecule has 9 unspecified atom stereocenters. The van der Waals surface area contributed by atoms with Crippen LogP contribution in [-0.4, -0.2) is 12.1 Å². The van der Waals surface area contributed by atoms with E-state index in [0.717, 1.165) is 55.8 Å².